The molecule has 2 aromatic rings. The Morgan fingerprint density at radius 2 is 1.69 bits per heavy atom. The third kappa shape index (κ3) is 8.83. The zero-order valence-corrected chi connectivity index (χ0v) is 23.5. The Kier molecular flexibility index (Phi) is 9.27. The van der Waals surface area contributed by atoms with E-state index in [-0.39, 0.29) is 17.6 Å². The van der Waals surface area contributed by atoms with Gasteiger partial charge in [0.15, 0.2) is 9.84 Å². The van der Waals surface area contributed by atoms with Gasteiger partial charge in [0, 0.05) is 18.8 Å². The molecule has 1 fully saturated rings. The first kappa shape index (κ1) is 27.5. The van der Waals surface area contributed by atoms with Crippen molar-refractivity contribution in [2.45, 2.75) is 64.7 Å². The van der Waals surface area contributed by atoms with Crippen LogP contribution in [0.25, 0.3) is 0 Å². The second-order valence-electron chi connectivity index (χ2n) is 10.1. The lowest BCUT2D eigenvalue weighted by atomic mass is 9.90. The van der Waals surface area contributed by atoms with E-state index in [9.17, 15) is 13.2 Å². The molecule has 1 aliphatic heterocycles. The smallest absolute Gasteiger partial charge is 0.410 e. The van der Waals surface area contributed by atoms with Crippen LogP contribution in [0.5, 0.6) is 11.5 Å². The molecule has 1 saturated heterocycles. The Bertz CT molecular complexity index is 1100. The van der Waals surface area contributed by atoms with Crippen LogP contribution in [-0.2, 0) is 26.7 Å². The van der Waals surface area contributed by atoms with Gasteiger partial charge in [-0.15, -0.1) is 0 Å². The monoisotopic (exact) mass is 565 g/mol. The van der Waals surface area contributed by atoms with Gasteiger partial charge < -0.3 is 14.4 Å². The molecule has 0 aromatic heterocycles. The molecule has 0 spiro atoms. The van der Waals surface area contributed by atoms with Crippen molar-refractivity contribution >= 4 is 31.9 Å². The van der Waals surface area contributed by atoms with Crippen molar-refractivity contribution in [1.29, 1.82) is 0 Å². The molecule has 1 amide bonds. The zero-order chi connectivity index (χ0) is 25.6. The number of benzene rings is 2. The number of aryl methyl sites for hydroxylation is 1. The molecule has 0 saturated carbocycles. The zero-order valence-electron chi connectivity index (χ0n) is 21.1. The van der Waals surface area contributed by atoms with Gasteiger partial charge in [0.05, 0.1) is 10.2 Å². The fourth-order valence-corrected chi connectivity index (χ4v) is 5.42. The first-order valence-electron chi connectivity index (χ1n) is 12.2. The van der Waals surface area contributed by atoms with Gasteiger partial charge in [0.25, 0.3) is 0 Å². The SMILES string of the molecule is CCS(=O)(=O)Cc1ccc(Oc2ccc(CCC3CCN(C(=O)OC(C)(C)C)CC3)cc2)c(Br)c1. The van der Waals surface area contributed by atoms with Gasteiger partial charge in [-0.05, 0) is 104 Å². The molecule has 8 heteroatoms. The first-order valence-corrected chi connectivity index (χ1v) is 14.8. The number of rotatable bonds is 8. The molecule has 1 heterocycles. The number of ether oxygens (including phenoxy) is 2. The number of hydrogen-bond donors (Lipinski definition) is 0. The molecule has 2 aromatic carbocycles. The molecule has 0 aliphatic carbocycles. The summed E-state index contributed by atoms with van der Waals surface area (Å²) in [6, 6.07) is 13.5. The highest BCUT2D eigenvalue weighted by Gasteiger charge is 2.26. The first-order chi connectivity index (χ1) is 16.4. The van der Waals surface area contributed by atoms with Crippen molar-refractivity contribution in [2.24, 2.45) is 5.92 Å². The third-order valence-corrected chi connectivity index (χ3v) is 8.35. The largest absolute Gasteiger partial charge is 0.456 e. The Balaban J connectivity index is 1.47. The van der Waals surface area contributed by atoms with E-state index in [0.29, 0.717) is 11.7 Å². The van der Waals surface area contributed by atoms with Crippen LogP contribution in [0.2, 0.25) is 0 Å². The summed E-state index contributed by atoms with van der Waals surface area (Å²) in [4.78, 5) is 14.1. The molecular formula is C27H36BrNO5S. The molecule has 1 aliphatic rings. The topological polar surface area (TPSA) is 72.9 Å². The van der Waals surface area contributed by atoms with Crippen LogP contribution in [0, 0.1) is 5.92 Å². The summed E-state index contributed by atoms with van der Waals surface area (Å²) in [7, 11) is -3.08. The molecule has 0 N–H and O–H groups in total. The summed E-state index contributed by atoms with van der Waals surface area (Å²) in [6.45, 7) is 8.85. The number of halogens is 1. The summed E-state index contributed by atoms with van der Waals surface area (Å²) < 4.78 is 35.9. The van der Waals surface area contributed by atoms with E-state index in [2.05, 4.69) is 28.1 Å². The Hall–Kier alpha value is -2.06. The van der Waals surface area contributed by atoms with Crippen molar-refractivity contribution in [3.63, 3.8) is 0 Å². The maximum Gasteiger partial charge on any atom is 0.410 e. The van der Waals surface area contributed by atoms with Crippen LogP contribution >= 0.6 is 15.9 Å². The number of amides is 1. The average molecular weight is 567 g/mol. The van der Waals surface area contributed by atoms with E-state index in [1.165, 1.54) is 5.56 Å². The normalized spacial score (nSPS) is 15.2. The van der Waals surface area contributed by atoms with Gasteiger partial charge in [-0.2, -0.15) is 0 Å². The molecule has 3 rings (SSSR count). The number of piperidine rings is 1. The fourth-order valence-electron chi connectivity index (χ4n) is 4.03. The van der Waals surface area contributed by atoms with E-state index in [1.54, 1.807) is 25.1 Å². The summed E-state index contributed by atoms with van der Waals surface area (Å²) in [5.74, 6) is 2.13. The molecule has 0 unspecified atom stereocenters. The number of sulfone groups is 1. The minimum Gasteiger partial charge on any atom is -0.456 e. The van der Waals surface area contributed by atoms with E-state index in [4.69, 9.17) is 9.47 Å². The summed E-state index contributed by atoms with van der Waals surface area (Å²) >= 11 is 3.49. The Labute approximate surface area is 218 Å². The quantitative estimate of drug-likeness (QED) is 0.353. The lowest BCUT2D eigenvalue weighted by Crippen LogP contribution is -2.41. The highest BCUT2D eigenvalue weighted by Crippen LogP contribution is 2.31. The Morgan fingerprint density at radius 1 is 1.06 bits per heavy atom. The van der Waals surface area contributed by atoms with Gasteiger partial charge in [-0.25, -0.2) is 13.2 Å². The van der Waals surface area contributed by atoms with Gasteiger partial charge in [0.1, 0.15) is 17.1 Å². The van der Waals surface area contributed by atoms with E-state index in [0.717, 1.165) is 54.6 Å². The van der Waals surface area contributed by atoms with Crippen LogP contribution < -0.4 is 4.74 Å². The number of likely N-dealkylation sites (tertiary alicyclic amines) is 1. The standard InChI is InChI=1S/C27H36BrNO5S/c1-5-35(31,32)19-22-10-13-25(24(28)18-22)33-23-11-8-20(9-12-23)6-7-21-14-16-29(17-15-21)26(30)34-27(2,3)4/h8-13,18,21H,5-7,14-17,19H2,1-4H3. The molecule has 0 bridgehead atoms. The molecular weight excluding hydrogens is 530 g/mol. The van der Waals surface area contributed by atoms with Gasteiger partial charge in [-0.1, -0.05) is 25.1 Å². The lowest BCUT2D eigenvalue weighted by Gasteiger charge is -2.33. The minimum atomic E-state index is -3.08. The van der Waals surface area contributed by atoms with Crippen molar-refractivity contribution in [3.05, 3.63) is 58.1 Å². The highest BCUT2D eigenvalue weighted by atomic mass is 79.9. The fraction of sp³-hybridized carbons (Fsp3) is 0.519. The van der Waals surface area contributed by atoms with E-state index >= 15 is 0 Å². The third-order valence-electron chi connectivity index (χ3n) is 6.08. The number of carbonyl (C=O) groups excluding carboxylic acids is 1. The number of hydrogen-bond acceptors (Lipinski definition) is 5. The van der Waals surface area contributed by atoms with Crippen LogP contribution in [-0.4, -0.2) is 43.9 Å². The van der Waals surface area contributed by atoms with Crippen LogP contribution in [0.1, 0.15) is 58.1 Å². The second-order valence-corrected chi connectivity index (χ2v) is 13.3. The van der Waals surface area contributed by atoms with Gasteiger partial charge >= 0.3 is 6.09 Å². The molecule has 192 valence electrons. The van der Waals surface area contributed by atoms with Crippen molar-refractivity contribution in [3.8, 4) is 11.5 Å². The maximum atomic E-state index is 12.2. The highest BCUT2D eigenvalue weighted by molar-refractivity contribution is 9.10. The number of nitrogens with zero attached hydrogens (tertiary/aromatic N) is 1. The van der Waals surface area contributed by atoms with Gasteiger partial charge in [-0.3, -0.25) is 0 Å². The van der Waals surface area contributed by atoms with Crippen molar-refractivity contribution in [1.82, 2.24) is 4.90 Å². The van der Waals surface area contributed by atoms with Crippen LogP contribution in [0.3, 0.4) is 0 Å². The lowest BCUT2D eigenvalue weighted by molar-refractivity contribution is 0.0181. The molecule has 6 nitrogen and oxygen atoms in total. The van der Waals surface area contributed by atoms with Crippen LogP contribution in [0.4, 0.5) is 4.79 Å². The predicted octanol–water partition coefficient (Wildman–Crippen LogP) is 6.76. The summed E-state index contributed by atoms with van der Waals surface area (Å²) in [5, 5.41) is 0. The van der Waals surface area contributed by atoms with Gasteiger partial charge in [0.2, 0.25) is 0 Å². The molecule has 0 atom stereocenters. The van der Waals surface area contributed by atoms with E-state index in [1.807, 2.05) is 37.8 Å². The minimum absolute atomic E-state index is 0.0249. The van der Waals surface area contributed by atoms with Crippen molar-refractivity contribution in [2.75, 3.05) is 18.8 Å². The molecule has 0 radical (unpaired) electrons. The van der Waals surface area contributed by atoms with Crippen LogP contribution in [0.15, 0.2) is 46.9 Å². The summed E-state index contributed by atoms with van der Waals surface area (Å²) in [6.07, 6.45) is 3.88. The van der Waals surface area contributed by atoms with Crippen molar-refractivity contribution < 1.29 is 22.7 Å². The van der Waals surface area contributed by atoms with E-state index < -0.39 is 15.4 Å². The maximum absolute atomic E-state index is 12.2. The average Bonchev–Trinajstić information content (AvgIpc) is 2.79. The number of carbonyl (C=O) groups is 1. The predicted molar refractivity (Wildman–Crippen MR) is 143 cm³/mol. The Morgan fingerprint density at radius 3 is 2.26 bits per heavy atom. The second kappa shape index (κ2) is 11.8. The molecule has 35 heavy (non-hydrogen) atoms. The summed E-state index contributed by atoms with van der Waals surface area (Å²) in [5.41, 5.74) is 1.53.